The molecule has 0 bridgehead atoms. The first-order valence-electron chi connectivity index (χ1n) is 8.44. The first-order chi connectivity index (χ1) is 10.1. The molecular formula is C16H30N2O3. The van der Waals surface area contributed by atoms with E-state index in [0.29, 0.717) is 18.6 Å². The van der Waals surface area contributed by atoms with Crippen LogP contribution in [0.15, 0.2) is 0 Å². The van der Waals surface area contributed by atoms with Gasteiger partial charge in [0.15, 0.2) is 0 Å². The number of hydrogen-bond donors (Lipinski definition) is 2. The van der Waals surface area contributed by atoms with E-state index in [-0.39, 0.29) is 0 Å². The minimum Gasteiger partial charge on any atom is -0.480 e. The molecular weight excluding hydrogens is 268 g/mol. The van der Waals surface area contributed by atoms with Crippen molar-refractivity contribution < 1.29 is 14.6 Å². The fourth-order valence-electron chi connectivity index (χ4n) is 3.39. The van der Waals surface area contributed by atoms with E-state index in [1.165, 1.54) is 0 Å². The van der Waals surface area contributed by atoms with Gasteiger partial charge in [-0.05, 0) is 51.5 Å². The lowest BCUT2D eigenvalue weighted by Gasteiger charge is -2.39. The molecule has 0 aromatic heterocycles. The van der Waals surface area contributed by atoms with Gasteiger partial charge in [0.25, 0.3) is 0 Å². The molecule has 1 atom stereocenters. The largest absolute Gasteiger partial charge is 0.480 e. The van der Waals surface area contributed by atoms with E-state index in [1.54, 1.807) is 0 Å². The summed E-state index contributed by atoms with van der Waals surface area (Å²) in [4.78, 5) is 14.2. The van der Waals surface area contributed by atoms with Gasteiger partial charge in [-0.25, -0.2) is 0 Å². The van der Waals surface area contributed by atoms with Crippen LogP contribution in [0.3, 0.4) is 0 Å². The van der Waals surface area contributed by atoms with Gasteiger partial charge in [-0.1, -0.05) is 6.92 Å². The van der Waals surface area contributed by atoms with Crippen molar-refractivity contribution in [1.82, 2.24) is 10.2 Å². The highest BCUT2D eigenvalue weighted by Gasteiger charge is 2.51. The van der Waals surface area contributed by atoms with Crippen LogP contribution in [0.1, 0.15) is 46.0 Å². The second-order valence-electron chi connectivity index (χ2n) is 6.41. The fraction of sp³-hybridized carbons (Fsp3) is 0.938. The molecule has 1 aliphatic carbocycles. The molecule has 2 aliphatic rings. The van der Waals surface area contributed by atoms with Crippen molar-refractivity contribution in [2.24, 2.45) is 5.92 Å². The Morgan fingerprint density at radius 1 is 1.29 bits per heavy atom. The molecule has 122 valence electrons. The number of carboxylic acid groups (broad SMARTS) is 1. The van der Waals surface area contributed by atoms with Crippen LogP contribution in [-0.2, 0) is 9.53 Å². The third kappa shape index (κ3) is 4.18. The molecule has 5 nitrogen and oxygen atoms in total. The maximum Gasteiger partial charge on any atom is 0.325 e. The highest BCUT2D eigenvalue weighted by molar-refractivity contribution is 5.80. The van der Waals surface area contributed by atoms with Crippen LogP contribution < -0.4 is 5.32 Å². The fourth-order valence-corrected chi connectivity index (χ4v) is 3.39. The van der Waals surface area contributed by atoms with Gasteiger partial charge in [0.05, 0.1) is 6.10 Å². The van der Waals surface area contributed by atoms with E-state index < -0.39 is 11.5 Å². The molecule has 0 spiro atoms. The topological polar surface area (TPSA) is 61.8 Å². The molecule has 1 heterocycles. The maximum atomic E-state index is 11.9. The minimum atomic E-state index is -0.742. The lowest BCUT2D eigenvalue weighted by molar-refractivity contribution is -0.147. The Morgan fingerprint density at radius 2 is 1.95 bits per heavy atom. The summed E-state index contributed by atoms with van der Waals surface area (Å²) in [6.07, 6.45) is 5.43. The van der Waals surface area contributed by atoms with Crippen LogP contribution >= 0.6 is 0 Å². The normalized spacial score (nSPS) is 23.9. The SMILES string of the molecule is CCCNC(CN1CCC(OCC)CC1)(C(=O)O)C1CC1. The third-order valence-corrected chi connectivity index (χ3v) is 4.76. The molecule has 2 rings (SSSR count). The lowest BCUT2D eigenvalue weighted by Crippen LogP contribution is -2.61. The molecule has 21 heavy (non-hydrogen) atoms. The number of aliphatic carboxylic acids is 1. The second-order valence-corrected chi connectivity index (χ2v) is 6.41. The van der Waals surface area contributed by atoms with Crippen molar-refractivity contribution in [3.05, 3.63) is 0 Å². The Labute approximate surface area is 128 Å². The number of likely N-dealkylation sites (tertiary alicyclic amines) is 1. The van der Waals surface area contributed by atoms with Crippen molar-refractivity contribution in [3.8, 4) is 0 Å². The quantitative estimate of drug-likeness (QED) is 0.679. The summed E-state index contributed by atoms with van der Waals surface area (Å²) in [5, 5.41) is 13.2. The lowest BCUT2D eigenvalue weighted by atomic mass is 9.91. The van der Waals surface area contributed by atoms with E-state index in [9.17, 15) is 9.90 Å². The zero-order valence-electron chi connectivity index (χ0n) is 13.4. The molecule has 1 unspecified atom stereocenters. The van der Waals surface area contributed by atoms with Crippen LogP contribution in [0.4, 0.5) is 0 Å². The molecule has 0 aromatic rings. The number of carbonyl (C=O) groups is 1. The first kappa shape index (κ1) is 16.7. The minimum absolute atomic E-state index is 0.297. The molecule has 2 fully saturated rings. The highest BCUT2D eigenvalue weighted by Crippen LogP contribution is 2.41. The first-order valence-corrected chi connectivity index (χ1v) is 8.44. The van der Waals surface area contributed by atoms with Crippen LogP contribution in [-0.4, -0.2) is 60.4 Å². The zero-order chi connectivity index (χ0) is 15.3. The molecule has 1 aliphatic heterocycles. The zero-order valence-corrected chi connectivity index (χ0v) is 13.4. The molecule has 0 radical (unpaired) electrons. The summed E-state index contributed by atoms with van der Waals surface area (Å²) in [7, 11) is 0. The smallest absolute Gasteiger partial charge is 0.325 e. The van der Waals surface area contributed by atoms with Crippen LogP contribution in [0.25, 0.3) is 0 Å². The third-order valence-electron chi connectivity index (χ3n) is 4.76. The van der Waals surface area contributed by atoms with Gasteiger partial charge >= 0.3 is 5.97 Å². The maximum absolute atomic E-state index is 11.9. The number of nitrogens with one attached hydrogen (secondary N) is 1. The van der Waals surface area contributed by atoms with Crippen molar-refractivity contribution in [1.29, 1.82) is 0 Å². The van der Waals surface area contributed by atoms with Crippen molar-refractivity contribution in [3.63, 3.8) is 0 Å². The Hall–Kier alpha value is -0.650. The van der Waals surface area contributed by atoms with Crippen LogP contribution in [0.5, 0.6) is 0 Å². The summed E-state index contributed by atoms with van der Waals surface area (Å²) in [6.45, 7) is 8.18. The van der Waals surface area contributed by atoms with Gasteiger partial charge in [0, 0.05) is 26.2 Å². The van der Waals surface area contributed by atoms with Crippen LogP contribution in [0, 0.1) is 5.92 Å². The summed E-state index contributed by atoms with van der Waals surface area (Å²) in [5.74, 6) is -0.378. The molecule has 0 amide bonds. The van der Waals surface area contributed by atoms with E-state index in [0.717, 1.165) is 58.3 Å². The van der Waals surface area contributed by atoms with Crippen LogP contribution in [0.2, 0.25) is 0 Å². The van der Waals surface area contributed by atoms with Gasteiger partial charge in [-0.15, -0.1) is 0 Å². The Morgan fingerprint density at radius 3 is 2.43 bits per heavy atom. The number of piperidine rings is 1. The van der Waals surface area contributed by atoms with Crippen molar-refractivity contribution >= 4 is 5.97 Å². The van der Waals surface area contributed by atoms with Gasteiger partial charge in [0.1, 0.15) is 5.54 Å². The molecule has 5 heteroatoms. The van der Waals surface area contributed by atoms with E-state index >= 15 is 0 Å². The van der Waals surface area contributed by atoms with E-state index in [4.69, 9.17) is 4.74 Å². The van der Waals surface area contributed by atoms with Gasteiger partial charge in [-0.2, -0.15) is 0 Å². The van der Waals surface area contributed by atoms with Gasteiger partial charge < -0.3 is 20.1 Å². The molecule has 1 saturated heterocycles. The Kier molecular flexibility index (Phi) is 6.02. The molecule has 1 saturated carbocycles. The molecule has 0 aromatic carbocycles. The van der Waals surface area contributed by atoms with E-state index in [1.807, 2.05) is 6.92 Å². The van der Waals surface area contributed by atoms with Crippen molar-refractivity contribution in [2.75, 3.05) is 32.8 Å². The Balaban J connectivity index is 1.94. The number of rotatable bonds is 9. The average Bonchev–Trinajstić information content (AvgIpc) is 3.30. The van der Waals surface area contributed by atoms with Gasteiger partial charge in [0.2, 0.25) is 0 Å². The summed E-state index contributed by atoms with van der Waals surface area (Å²) < 4.78 is 5.67. The van der Waals surface area contributed by atoms with Crippen molar-refractivity contribution in [2.45, 2.75) is 57.6 Å². The number of carboxylic acids is 1. The summed E-state index contributed by atoms with van der Waals surface area (Å²) in [6, 6.07) is 0. The second kappa shape index (κ2) is 7.56. The monoisotopic (exact) mass is 298 g/mol. The summed E-state index contributed by atoms with van der Waals surface area (Å²) in [5.41, 5.74) is -0.742. The molecule has 2 N–H and O–H groups in total. The highest BCUT2D eigenvalue weighted by atomic mass is 16.5. The summed E-state index contributed by atoms with van der Waals surface area (Å²) >= 11 is 0. The predicted molar refractivity (Wildman–Crippen MR) is 82.5 cm³/mol. The number of ether oxygens (including phenoxy) is 1. The predicted octanol–water partition coefficient (Wildman–Crippen LogP) is 1.72. The average molecular weight is 298 g/mol. The van der Waals surface area contributed by atoms with E-state index in [2.05, 4.69) is 17.1 Å². The number of nitrogens with zero attached hydrogens (tertiary/aromatic N) is 1. The van der Waals surface area contributed by atoms with Gasteiger partial charge in [-0.3, -0.25) is 4.79 Å². The Bertz CT molecular complexity index is 338. The number of hydrogen-bond acceptors (Lipinski definition) is 4. The standard InChI is InChI=1S/C16H30N2O3/c1-3-9-17-16(15(19)20,13-5-6-13)12-18-10-7-14(8-11-18)21-4-2/h13-14,17H,3-12H2,1-2H3,(H,19,20).